The van der Waals surface area contributed by atoms with E-state index < -0.39 is 16.5 Å². The van der Waals surface area contributed by atoms with Crippen LogP contribution < -0.4 is 0 Å². The summed E-state index contributed by atoms with van der Waals surface area (Å²) in [5.74, 6) is -1.36. The van der Waals surface area contributed by atoms with Gasteiger partial charge in [0.05, 0.1) is 10.4 Å². The Morgan fingerprint density at radius 2 is 1.96 bits per heavy atom. The molecular formula is C18H15BrN2O5. The molecule has 0 aliphatic carbocycles. The summed E-state index contributed by atoms with van der Waals surface area (Å²) in [5, 5.41) is 31.4. The first-order valence-electron chi connectivity index (χ1n) is 7.65. The van der Waals surface area contributed by atoms with E-state index in [1.54, 1.807) is 42.0 Å². The van der Waals surface area contributed by atoms with Crippen molar-refractivity contribution in [2.24, 2.45) is 0 Å². The zero-order valence-corrected chi connectivity index (χ0v) is 15.5. The number of hydrogen-bond acceptors (Lipinski definition) is 4. The lowest BCUT2D eigenvalue weighted by molar-refractivity contribution is -0.384. The summed E-state index contributed by atoms with van der Waals surface area (Å²) < 4.78 is 2.47. The first-order valence-corrected chi connectivity index (χ1v) is 8.44. The number of carboxylic acid groups (broad SMARTS) is 1. The van der Waals surface area contributed by atoms with Crippen LogP contribution in [0.4, 0.5) is 5.69 Å². The minimum Gasteiger partial charge on any atom is -0.479 e. The van der Waals surface area contributed by atoms with Crippen molar-refractivity contribution in [3.63, 3.8) is 0 Å². The van der Waals surface area contributed by atoms with Crippen molar-refractivity contribution in [1.82, 2.24) is 4.57 Å². The zero-order chi connectivity index (χ0) is 19.2. The Kier molecular flexibility index (Phi) is 4.33. The van der Waals surface area contributed by atoms with Gasteiger partial charge in [-0.2, -0.15) is 0 Å². The number of rotatable bonds is 4. The minimum atomic E-state index is -2.08. The maximum Gasteiger partial charge on any atom is 0.340 e. The van der Waals surface area contributed by atoms with Gasteiger partial charge in [-0.3, -0.25) is 10.1 Å². The van der Waals surface area contributed by atoms with Gasteiger partial charge in [-0.1, -0.05) is 15.9 Å². The van der Waals surface area contributed by atoms with E-state index in [9.17, 15) is 25.1 Å². The molecule has 3 aromatic rings. The Morgan fingerprint density at radius 1 is 1.27 bits per heavy atom. The molecule has 3 rings (SSSR count). The second-order valence-corrected chi connectivity index (χ2v) is 7.10. The number of halogens is 1. The zero-order valence-electron chi connectivity index (χ0n) is 13.9. The summed E-state index contributed by atoms with van der Waals surface area (Å²) in [6, 6.07) is 9.78. The van der Waals surface area contributed by atoms with Crippen molar-refractivity contribution >= 4 is 38.5 Å². The van der Waals surface area contributed by atoms with Crippen molar-refractivity contribution in [2.75, 3.05) is 0 Å². The molecule has 8 heteroatoms. The van der Waals surface area contributed by atoms with E-state index in [2.05, 4.69) is 15.9 Å². The molecule has 0 saturated carbocycles. The average Bonchev–Trinajstić information content (AvgIpc) is 2.93. The molecule has 1 heterocycles. The Morgan fingerprint density at radius 3 is 2.54 bits per heavy atom. The molecule has 0 amide bonds. The highest BCUT2D eigenvalue weighted by atomic mass is 79.9. The van der Waals surface area contributed by atoms with Crippen molar-refractivity contribution in [3.05, 3.63) is 68.3 Å². The largest absolute Gasteiger partial charge is 0.479 e. The van der Waals surface area contributed by atoms with Gasteiger partial charge in [-0.15, -0.1) is 0 Å². The average molecular weight is 419 g/mol. The van der Waals surface area contributed by atoms with Crippen LogP contribution in [-0.4, -0.2) is 25.7 Å². The first kappa shape index (κ1) is 18.1. The SMILES string of the molecule is Cc1cc([N+](=O)[O-])ccc1-n1cc(C(C)(O)C(=O)O)c2cc(Br)ccc21. The van der Waals surface area contributed by atoms with Gasteiger partial charge in [0.2, 0.25) is 0 Å². The third-order valence-electron chi connectivity index (χ3n) is 4.36. The predicted molar refractivity (Wildman–Crippen MR) is 99.6 cm³/mol. The highest BCUT2D eigenvalue weighted by Crippen LogP contribution is 2.35. The van der Waals surface area contributed by atoms with E-state index in [0.717, 1.165) is 4.47 Å². The quantitative estimate of drug-likeness (QED) is 0.493. The summed E-state index contributed by atoms with van der Waals surface area (Å²) in [5.41, 5.74) is 0.124. The molecule has 26 heavy (non-hydrogen) atoms. The second kappa shape index (κ2) is 6.22. The predicted octanol–water partition coefficient (Wildman–Crippen LogP) is 3.90. The summed E-state index contributed by atoms with van der Waals surface area (Å²) in [6.07, 6.45) is 1.55. The van der Waals surface area contributed by atoms with Gasteiger partial charge in [0.1, 0.15) is 0 Å². The Hall–Kier alpha value is -2.71. The molecule has 0 radical (unpaired) electrons. The lowest BCUT2D eigenvalue weighted by atomic mass is 9.96. The highest BCUT2D eigenvalue weighted by molar-refractivity contribution is 9.10. The monoisotopic (exact) mass is 418 g/mol. The number of aliphatic carboxylic acids is 1. The van der Waals surface area contributed by atoms with Gasteiger partial charge < -0.3 is 14.8 Å². The van der Waals surface area contributed by atoms with Crippen molar-refractivity contribution in [1.29, 1.82) is 0 Å². The van der Waals surface area contributed by atoms with Crippen LogP contribution in [0.2, 0.25) is 0 Å². The summed E-state index contributed by atoms with van der Waals surface area (Å²) in [7, 11) is 0. The molecule has 2 aromatic carbocycles. The fourth-order valence-corrected chi connectivity index (χ4v) is 3.29. The maximum atomic E-state index is 11.5. The van der Waals surface area contributed by atoms with Crippen LogP contribution in [0, 0.1) is 17.0 Å². The highest BCUT2D eigenvalue weighted by Gasteiger charge is 2.35. The molecule has 0 aliphatic rings. The minimum absolute atomic E-state index is 0.0248. The fraction of sp³-hybridized carbons (Fsp3) is 0.167. The number of benzene rings is 2. The molecule has 2 N–H and O–H groups in total. The van der Waals surface area contributed by atoms with Crippen molar-refractivity contribution in [3.8, 4) is 5.69 Å². The smallest absolute Gasteiger partial charge is 0.340 e. The summed E-state index contributed by atoms with van der Waals surface area (Å²) in [6.45, 7) is 2.96. The van der Waals surface area contributed by atoms with E-state index >= 15 is 0 Å². The van der Waals surface area contributed by atoms with Crippen LogP contribution in [0.15, 0.2) is 47.1 Å². The number of aryl methyl sites for hydroxylation is 1. The molecule has 134 valence electrons. The number of hydrogen-bond donors (Lipinski definition) is 2. The van der Waals surface area contributed by atoms with E-state index in [1.807, 2.05) is 0 Å². The number of nitro benzene ring substituents is 1. The van der Waals surface area contributed by atoms with Gasteiger partial charge in [-0.05, 0) is 43.7 Å². The van der Waals surface area contributed by atoms with Gasteiger partial charge in [0.25, 0.3) is 5.69 Å². The molecule has 1 aromatic heterocycles. The Balaban J connectivity index is 2.32. The van der Waals surface area contributed by atoms with Crippen LogP contribution >= 0.6 is 15.9 Å². The molecular weight excluding hydrogens is 404 g/mol. The molecule has 0 bridgehead atoms. The number of non-ortho nitro benzene ring substituents is 1. The van der Waals surface area contributed by atoms with Crippen molar-refractivity contribution < 1.29 is 19.9 Å². The van der Waals surface area contributed by atoms with E-state index in [1.165, 1.54) is 19.1 Å². The molecule has 0 spiro atoms. The maximum absolute atomic E-state index is 11.5. The molecule has 0 saturated heterocycles. The van der Waals surface area contributed by atoms with Gasteiger partial charge >= 0.3 is 5.97 Å². The summed E-state index contributed by atoms with van der Waals surface area (Å²) >= 11 is 3.36. The number of aliphatic hydroxyl groups is 1. The topological polar surface area (TPSA) is 106 Å². The van der Waals surface area contributed by atoms with Gasteiger partial charge in [-0.25, -0.2) is 4.79 Å². The molecule has 7 nitrogen and oxygen atoms in total. The second-order valence-electron chi connectivity index (χ2n) is 6.18. The van der Waals surface area contributed by atoms with E-state index in [0.29, 0.717) is 22.2 Å². The van der Waals surface area contributed by atoms with Crippen LogP contribution in [-0.2, 0) is 10.4 Å². The van der Waals surface area contributed by atoms with Crippen LogP contribution in [0.3, 0.4) is 0 Å². The number of nitrogens with zero attached hydrogens (tertiary/aromatic N) is 2. The van der Waals surface area contributed by atoms with Gasteiger partial charge in [0, 0.05) is 39.4 Å². The number of carboxylic acids is 1. The first-order chi connectivity index (χ1) is 12.1. The third-order valence-corrected chi connectivity index (χ3v) is 4.85. The Bertz CT molecular complexity index is 1060. The van der Waals surface area contributed by atoms with E-state index in [-0.39, 0.29) is 11.3 Å². The number of carbonyl (C=O) groups is 1. The van der Waals surface area contributed by atoms with Crippen LogP contribution in [0.5, 0.6) is 0 Å². The number of aromatic nitrogens is 1. The van der Waals surface area contributed by atoms with Crippen molar-refractivity contribution in [2.45, 2.75) is 19.4 Å². The van der Waals surface area contributed by atoms with E-state index in [4.69, 9.17) is 0 Å². The molecule has 0 aliphatic heterocycles. The molecule has 1 atom stereocenters. The molecule has 0 fully saturated rings. The van der Waals surface area contributed by atoms with Crippen LogP contribution in [0.1, 0.15) is 18.1 Å². The Labute approximate surface area is 156 Å². The number of fused-ring (bicyclic) bond motifs is 1. The lowest BCUT2D eigenvalue weighted by Gasteiger charge is -2.17. The molecule has 1 unspecified atom stereocenters. The summed E-state index contributed by atoms with van der Waals surface area (Å²) in [4.78, 5) is 22.0. The van der Waals surface area contributed by atoms with Gasteiger partial charge in [0.15, 0.2) is 5.60 Å². The number of nitro groups is 1. The lowest BCUT2D eigenvalue weighted by Crippen LogP contribution is -2.31. The normalized spacial score (nSPS) is 13.5. The van der Waals surface area contributed by atoms with Crippen LogP contribution in [0.25, 0.3) is 16.6 Å². The fourth-order valence-electron chi connectivity index (χ4n) is 2.93. The standard InChI is InChI=1S/C18H15BrN2O5/c1-10-7-12(21(25)26)4-6-15(10)20-9-14(18(2,24)17(22)23)13-8-11(19)3-5-16(13)20/h3-9,24H,1-2H3,(H,22,23). The third kappa shape index (κ3) is 2.87.